The van der Waals surface area contributed by atoms with Crippen molar-refractivity contribution < 1.29 is 52.3 Å². The molecule has 0 spiro atoms. The van der Waals surface area contributed by atoms with Crippen LogP contribution in [0.3, 0.4) is 0 Å². The maximum absolute atomic E-state index is 13.7. The van der Waals surface area contributed by atoms with Crippen molar-refractivity contribution in [2.24, 2.45) is 13.0 Å². The molecular formula is C31H34F3N7O8. The summed E-state index contributed by atoms with van der Waals surface area (Å²) >= 11 is 0. The van der Waals surface area contributed by atoms with Crippen molar-refractivity contribution in [2.75, 3.05) is 11.9 Å². The molecule has 4 aromatic rings. The maximum Gasteiger partial charge on any atom is 0.426 e. The lowest BCUT2D eigenvalue weighted by Gasteiger charge is -2.31. The summed E-state index contributed by atoms with van der Waals surface area (Å²) in [5.41, 5.74) is 2.16. The first-order valence-electron chi connectivity index (χ1n) is 15.3. The number of aromatic nitrogens is 5. The summed E-state index contributed by atoms with van der Waals surface area (Å²) in [7, 11) is 1.85. The van der Waals surface area contributed by atoms with E-state index >= 15 is 0 Å². The number of benzene rings is 1. The first kappa shape index (κ1) is 35.1. The molecule has 1 aliphatic rings. The summed E-state index contributed by atoms with van der Waals surface area (Å²) in [4.78, 5) is 43.1. The van der Waals surface area contributed by atoms with Crippen LogP contribution in [0, 0.1) is 5.92 Å². The Hall–Kier alpha value is -5.23. The van der Waals surface area contributed by atoms with E-state index in [1.165, 1.54) is 0 Å². The van der Waals surface area contributed by atoms with Gasteiger partial charge in [0.25, 0.3) is 0 Å². The highest BCUT2D eigenvalue weighted by Gasteiger charge is 2.45. The van der Waals surface area contributed by atoms with Gasteiger partial charge in [0.1, 0.15) is 17.2 Å². The van der Waals surface area contributed by atoms with Gasteiger partial charge in [0.2, 0.25) is 6.10 Å². The number of hydrogen-bond acceptors (Lipinski definition) is 11. The number of carboxylic acid groups (broad SMARTS) is 2. The normalized spacial score (nSPS) is 18.4. The summed E-state index contributed by atoms with van der Waals surface area (Å²) in [5.74, 6) is -5.82. The maximum atomic E-state index is 13.7. The van der Waals surface area contributed by atoms with Crippen LogP contribution in [0.25, 0.3) is 16.9 Å². The number of carboxylic acids is 2. The average molecular weight is 690 g/mol. The minimum absolute atomic E-state index is 0.242. The molecule has 3 heterocycles. The number of imidazole rings is 1. The number of nitrogens with zero attached hydrogens (tertiary/aromatic N) is 5. The molecular weight excluding hydrogens is 655 g/mol. The SMILES string of the molecule is Cn1cnc2c(Nc3ccn(-c4ccccn4)n3)cc(OC3CCC(NC[C@@H](OC(=O)C(O)C(CC(=O)O)C(=O)O)C(F)(F)F)CC3)cc21. The summed E-state index contributed by atoms with van der Waals surface area (Å²) in [6, 6.07) is 10.6. The number of aryl methyl sites for hydroxylation is 1. The summed E-state index contributed by atoms with van der Waals surface area (Å²) in [5, 5.41) is 38.4. The van der Waals surface area contributed by atoms with Crippen LogP contribution in [0.2, 0.25) is 0 Å². The largest absolute Gasteiger partial charge is 0.490 e. The number of anilines is 2. The van der Waals surface area contributed by atoms with Gasteiger partial charge in [-0.05, 0) is 37.8 Å². The van der Waals surface area contributed by atoms with Crippen molar-refractivity contribution in [1.29, 1.82) is 0 Å². The summed E-state index contributed by atoms with van der Waals surface area (Å²) in [6.45, 7) is -0.850. The monoisotopic (exact) mass is 689 g/mol. The summed E-state index contributed by atoms with van der Waals surface area (Å²) < 4.78 is 55.3. The predicted molar refractivity (Wildman–Crippen MR) is 165 cm³/mol. The number of alkyl halides is 3. The molecule has 0 bridgehead atoms. The number of aliphatic carboxylic acids is 2. The van der Waals surface area contributed by atoms with Crippen LogP contribution in [-0.2, 0) is 26.2 Å². The van der Waals surface area contributed by atoms with E-state index < -0.39 is 55.2 Å². The van der Waals surface area contributed by atoms with Crippen LogP contribution in [-0.4, -0.2) is 94.6 Å². The third-order valence-corrected chi connectivity index (χ3v) is 8.07. The smallest absolute Gasteiger partial charge is 0.426 e. The number of ether oxygens (including phenoxy) is 2. The number of carbonyl (C=O) groups excluding carboxylic acids is 1. The second-order valence-corrected chi connectivity index (χ2v) is 11.6. The van der Waals surface area contributed by atoms with E-state index in [4.69, 9.17) is 14.9 Å². The molecule has 0 saturated heterocycles. The number of hydrogen-bond donors (Lipinski definition) is 5. The predicted octanol–water partition coefficient (Wildman–Crippen LogP) is 3.19. The zero-order valence-electron chi connectivity index (χ0n) is 26.1. The number of nitrogens with one attached hydrogen (secondary N) is 2. The van der Waals surface area contributed by atoms with Gasteiger partial charge in [-0.25, -0.2) is 19.4 Å². The number of rotatable bonds is 14. The van der Waals surface area contributed by atoms with E-state index in [0.717, 1.165) is 5.52 Å². The lowest BCUT2D eigenvalue weighted by Crippen LogP contribution is -2.48. The molecule has 5 N–H and O–H groups in total. The molecule has 3 atom stereocenters. The van der Waals surface area contributed by atoms with E-state index in [0.29, 0.717) is 54.3 Å². The molecule has 1 fully saturated rings. The topological polar surface area (TPSA) is 203 Å². The zero-order chi connectivity index (χ0) is 35.3. The van der Waals surface area contributed by atoms with E-state index in [2.05, 4.69) is 30.4 Å². The summed E-state index contributed by atoms with van der Waals surface area (Å²) in [6.07, 6.45) is -4.76. The number of halogens is 3. The Morgan fingerprint density at radius 3 is 2.49 bits per heavy atom. The van der Waals surface area contributed by atoms with Crippen LogP contribution in [0.4, 0.5) is 24.7 Å². The number of fused-ring (bicyclic) bond motifs is 1. The van der Waals surface area contributed by atoms with Crippen molar-refractivity contribution in [3.05, 3.63) is 55.1 Å². The molecule has 0 radical (unpaired) electrons. The molecule has 2 unspecified atom stereocenters. The molecule has 1 aromatic carbocycles. The Morgan fingerprint density at radius 2 is 1.84 bits per heavy atom. The van der Waals surface area contributed by atoms with Gasteiger partial charge in [-0.1, -0.05) is 6.07 Å². The van der Waals surface area contributed by atoms with E-state index in [1.807, 2.05) is 41.9 Å². The fourth-order valence-corrected chi connectivity index (χ4v) is 5.48. The standard InChI is InChI=1S/C31H34F3N7O8/c1-40-16-37-27-21(38-24-9-11-41(39-24)25-4-2-3-10-35-25)12-19(13-22(27)40)48-18-7-5-17(6-8-18)36-15-23(31(32,33)34)49-30(47)28(44)20(29(45)46)14-26(42)43/h2-4,9-13,16-18,20,23,28,36,44H,5-8,14-15H2,1H3,(H,38,39)(H,42,43)(H,45,46)/t17?,18?,20?,23-,28?/m1/s1. The number of aliphatic hydroxyl groups excluding tert-OH is 1. The average Bonchev–Trinajstić information content (AvgIpc) is 3.68. The van der Waals surface area contributed by atoms with Crippen LogP contribution >= 0.6 is 0 Å². The quantitative estimate of drug-likeness (QED) is 0.121. The first-order valence-corrected chi connectivity index (χ1v) is 15.3. The molecule has 0 amide bonds. The van der Waals surface area contributed by atoms with Gasteiger partial charge in [-0.2, -0.15) is 13.2 Å². The van der Waals surface area contributed by atoms with Crippen molar-refractivity contribution in [1.82, 2.24) is 29.6 Å². The number of pyridine rings is 1. The van der Waals surface area contributed by atoms with Crippen molar-refractivity contribution in [2.45, 2.75) is 62.6 Å². The fourth-order valence-electron chi connectivity index (χ4n) is 5.48. The Kier molecular flexibility index (Phi) is 10.7. The van der Waals surface area contributed by atoms with Gasteiger partial charge in [0.05, 0.1) is 30.1 Å². The highest BCUT2D eigenvalue weighted by molar-refractivity contribution is 5.91. The Morgan fingerprint density at radius 1 is 1.08 bits per heavy atom. The zero-order valence-corrected chi connectivity index (χ0v) is 26.1. The van der Waals surface area contributed by atoms with Crippen molar-refractivity contribution >= 4 is 40.4 Å². The Balaban J connectivity index is 1.18. The van der Waals surface area contributed by atoms with Crippen LogP contribution in [0.5, 0.6) is 5.75 Å². The van der Waals surface area contributed by atoms with Crippen molar-refractivity contribution in [3.63, 3.8) is 0 Å². The van der Waals surface area contributed by atoms with Gasteiger partial charge in [0.15, 0.2) is 17.7 Å². The Labute approximate surface area is 276 Å². The highest BCUT2D eigenvalue weighted by atomic mass is 19.4. The van der Waals surface area contributed by atoms with E-state index in [1.54, 1.807) is 29.5 Å². The van der Waals surface area contributed by atoms with Gasteiger partial charge in [-0.15, -0.1) is 5.10 Å². The van der Waals surface area contributed by atoms with Gasteiger partial charge < -0.3 is 40.0 Å². The molecule has 3 aromatic heterocycles. The lowest BCUT2D eigenvalue weighted by atomic mass is 9.92. The van der Waals surface area contributed by atoms with E-state index in [9.17, 15) is 32.7 Å². The minimum Gasteiger partial charge on any atom is -0.490 e. The second kappa shape index (κ2) is 14.9. The molecule has 262 valence electrons. The number of aliphatic hydroxyl groups is 1. The van der Waals surface area contributed by atoms with E-state index in [-0.39, 0.29) is 12.1 Å². The van der Waals surface area contributed by atoms with Crippen molar-refractivity contribution in [3.8, 4) is 11.6 Å². The lowest BCUT2D eigenvalue weighted by molar-refractivity contribution is -0.225. The second-order valence-electron chi connectivity index (χ2n) is 11.6. The highest BCUT2D eigenvalue weighted by Crippen LogP contribution is 2.33. The Bertz CT molecular complexity index is 1770. The molecule has 5 rings (SSSR count). The third-order valence-electron chi connectivity index (χ3n) is 8.07. The molecule has 1 aliphatic carbocycles. The fraction of sp³-hybridized carbons (Fsp3) is 0.419. The van der Waals surface area contributed by atoms with Crippen LogP contribution in [0.1, 0.15) is 32.1 Å². The van der Waals surface area contributed by atoms with Crippen LogP contribution in [0.15, 0.2) is 55.1 Å². The molecule has 15 nitrogen and oxygen atoms in total. The van der Waals surface area contributed by atoms with Gasteiger partial charge in [0, 0.05) is 50.2 Å². The van der Waals surface area contributed by atoms with Crippen LogP contribution < -0.4 is 15.4 Å². The molecule has 0 aliphatic heterocycles. The van der Waals surface area contributed by atoms with Gasteiger partial charge >= 0.3 is 24.1 Å². The first-order chi connectivity index (χ1) is 23.3. The third kappa shape index (κ3) is 8.82. The molecule has 1 saturated carbocycles. The van der Waals surface area contributed by atoms with Gasteiger partial charge in [-0.3, -0.25) is 9.59 Å². The molecule has 18 heteroatoms. The number of carbonyl (C=O) groups is 3. The number of esters is 1. The molecule has 49 heavy (non-hydrogen) atoms. The minimum atomic E-state index is -5.04.